The summed E-state index contributed by atoms with van der Waals surface area (Å²) in [4.78, 5) is 2.44. The summed E-state index contributed by atoms with van der Waals surface area (Å²) in [6.07, 6.45) is 2.27. The molecule has 1 N–H and O–H groups in total. The van der Waals surface area contributed by atoms with Crippen molar-refractivity contribution >= 4 is 0 Å². The Bertz CT molecular complexity index is 565. The smallest absolute Gasteiger partial charge is 0.0452 e. The predicted molar refractivity (Wildman–Crippen MR) is 88.5 cm³/mol. The second kappa shape index (κ2) is 6.88. The maximum atomic E-state index is 3.66. The number of hydrogen-bond acceptors (Lipinski definition) is 2. The number of rotatable bonds is 5. The third-order valence-corrected chi connectivity index (χ3v) is 4.33. The minimum absolute atomic E-state index is 0.468. The minimum atomic E-state index is 0.468. The molecule has 1 aliphatic heterocycles. The molecular weight excluding hydrogens is 256 g/mol. The van der Waals surface area contributed by atoms with E-state index in [9.17, 15) is 0 Å². The standard InChI is InChI=1S/C19H24N2/c1-21(14-12-16-7-3-2-4-8-16)15-19-18-10-6-5-9-17(18)11-13-20-19/h2-10,19-20H,11-15H2,1H3. The van der Waals surface area contributed by atoms with E-state index >= 15 is 0 Å². The van der Waals surface area contributed by atoms with Crippen LogP contribution in [0.5, 0.6) is 0 Å². The van der Waals surface area contributed by atoms with Crippen molar-refractivity contribution < 1.29 is 0 Å². The maximum absolute atomic E-state index is 3.66. The summed E-state index contributed by atoms with van der Waals surface area (Å²) in [6.45, 7) is 3.27. The summed E-state index contributed by atoms with van der Waals surface area (Å²) in [6, 6.07) is 20.1. The van der Waals surface area contributed by atoms with Crippen LogP contribution in [-0.4, -0.2) is 31.6 Å². The average molecular weight is 280 g/mol. The third-order valence-electron chi connectivity index (χ3n) is 4.33. The number of nitrogens with one attached hydrogen (secondary N) is 1. The summed E-state index contributed by atoms with van der Waals surface area (Å²) in [5, 5.41) is 3.66. The van der Waals surface area contributed by atoms with E-state index in [1.54, 1.807) is 0 Å². The van der Waals surface area contributed by atoms with Gasteiger partial charge < -0.3 is 10.2 Å². The maximum Gasteiger partial charge on any atom is 0.0452 e. The summed E-state index contributed by atoms with van der Waals surface area (Å²) in [7, 11) is 2.22. The number of nitrogens with zero attached hydrogens (tertiary/aromatic N) is 1. The molecule has 0 spiro atoms. The lowest BCUT2D eigenvalue weighted by atomic mass is 9.94. The molecule has 1 aliphatic rings. The Hall–Kier alpha value is -1.64. The zero-order valence-electron chi connectivity index (χ0n) is 12.8. The highest BCUT2D eigenvalue weighted by Gasteiger charge is 2.20. The quantitative estimate of drug-likeness (QED) is 0.905. The highest BCUT2D eigenvalue weighted by Crippen LogP contribution is 2.23. The minimum Gasteiger partial charge on any atom is -0.309 e. The molecule has 21 heavy (non-hydrogen) atoms. The van der Waals surface area contributed by atoms with Crippen LogP contribution in [0, 0.1) is 0 Å². The van der Waals surface area contributed by atoms with Gasteiger partial charge in [-0.05, 0) is 43.1 Å². The van der Waals surface area contributed by atoms with Gasteiger partial charge in [0.05, 0.1) is 0 Å². The first-order chi connectivity index (χ1) is 10.3. The third kappa shape index (κ3) is 3.72. The Labute approximate surface area is 127 Å². The van der Waals surface area contributed by atoms with E-state index in [1.165, 1.54) is 16.7 Å². The second-order valence-electron chi connectivity index (χ2n) is 5.95. The van der Waals surface area contributed by atoms with Gasteiger partial charge in [-0.3, -0.25) is 0 Å². The van der Waals surface area contributed by atoms with E-state index in [1.807, 2.05) is 0 Å². The molecule has 1 unspecified atom stereocenters. The predicted octanol–water partition coefficient (Wildman–Crippen LogP) is 3.05. The molecule has 2 aromatic rings. The van der Waals surface area contributed by atoms with Gasteiger partial charge in [-0.1, -0.05) is 54.6 Å². The van der Waals surface area contributed by atoms with Crippen LogP contribution in [0.15, 0.2) is 54.6 Å². The van der Waals surface area contributed by atoms with Crippen molar-refractivity contribution in [3.05, 3.63) is 71.3 Å². The van der Waals surface area contributed by atoms with Gasteiger partial charge in [0.1, 0.15) is 0 Å². The van der Waals surface area contributed by atoms with Gasteiger partial charge in [0.15, 0.2) is 0 Å². The molecule has 1 heterocycles. The Balaban J connectivity index is 1.57. The van der Waals surface area contributed by atoms with E-state index in [-0.39, 0.29) is 0 Å². The van der Waals surface area contributed by atoms with Crippen LogP contribution in [0.2, 0.25) is 0 Å². The lowest BCUT2D eigenvalue weighted by molar-refractivity contribution is 0.288. The van der Waals surface area contributed by atoms with Crippen LogP contribution < -0.4 is 5.32 Å². The van der Waals surface area contributed by atoms with Gasteiger partial charge in [0, 0.05) is 19.1 Å². The van der Waals surface area contributed by atoms with Crippen LogP contribution in [0.3, 0.4) is 0 Å². The van der Waals surface area contributed by atoms with Crippen LogP contribution in [-0.2, 0) is 12.8 Å². The molecule has 0 radical (unpaired) electrons. The number of likely N-dealkylation sites (N-methyl/N-ethyl adjacent to an activating group) is 1. The number of hydrogen-bond donors (Lipinski definition) is 1. The normalized spacial score (nSPS) is 17.7. The monoisotopic (exact) mass is 280 g/mol. The van der Waals surface area contributed by atoms with Crippen molar-refractivity contribution in [3.8, 4) is 0 Å². The van der Waals surface area contributed by atoms with Crippen molar-refractivity contribution in [1.29, 1.82) is 0 Å². The lowest BCUT2D eigenvalue weighted by Crippen LogP contribution is -2.38. The van der Waals surface area contributed by atoms with E-state index in [0.29, 0.717) is 6.04 Å². The van der Waals surface area contributed by atoms with Gasteiger partial charge >= 0.3 is 0 Å². The van der Waals surface area contributed by atoms with E-state index in [2.05, 4.69) is 71.9 Å². The fourth-order valence-corrected chi connectivity index (χ4v) is 3.12. The molecule has 0 aliphatic carbocycles. The molecule has 110 valence electrons. The average Bonchev–Trinajstić information content (AvgIpc) is 2.54. The van der Waals surface area contributed by atoms with Crippen molar-refractivity contribution in [3.63, 3.8) is 0 Å². The fraction of sp³-hybridized carbons (Fsp3) is 0.368. The van der Waals surface area contributed by atoms with Gasteiger partial charge in [-0.25, -0.2) is 0 Å². The first-order valence-electron chi connectivity index (χ1n) is 7.86. The molecule has 3 rings (SSSR count). The largest absolute Gasteiger partial charge is 0.309 e. The van der Waals surface area contributed by atoms with Crippen LogP contribution in [0.4, 0.5) is 0 Å². The highest BCUT2D eigenvalue weighted by molar-refractivity contribution is 5.32. The van der Waals surface area contributed by atoms with Gasteiger partial charge in [-0.15, -0.1) is 0 Å². The number of benzene rings is 2. The molecule has 0 saturated heterocycles. The first kappa shape index (κ1) is 14.3. The fourth-order valence-electron chi connectivity index (χ4n) is 3.12. The molecule has 2 heteroatoms. The van der Waals surface area contributed by atoms with E-state index in [4.69, 9.17) is 0 Å². The molecule has 0 bridgehead atoms. The molecule has 1 atom stereocenters. The van der Waals surface area contributed by atoms with Crippen LogP contribution in [0.25, 0.3) is 0 Å². The van der Waals surface area contributed by atoms with Crippen molar-refractivity contribution in [2.75, 3.05) is 26.7 Å². The summed E-state index contributed by atoms with van der Waals surface area (Å²) in [5.41, 5.74) is 4.41. The van der Waals surface area contributed by atoms with Crippen molar-refractivity contribution in [2.45, 2.75) is 18.9 Å². The Morgan fingerprint density at radius 3 is 2.67 bits per heavy atom. The summed E-state index contributed by atoms with van der Waals surface area (Å²) in [5.74, 6) is 0. The molecule has 2 nitrogen and oxygen atoms in total. The molecule has 0 aromatic heterocycles. The van der Waals surface area contributed by atoms with E-state index < -0.39 is 0 Å². The van der Waals surface area contributed by atoms with Gasteiger partial charge in [-0.2, -0.15) is 0 Å². The zero-order chi connectivity index (χ0) is 14.5. The second-order valence-corrected chi connectivity index (χ2v) is 5.95. The molecule has 0 amide bonds. The van der Waals surface area contributed by atoms with Gasteiger partial charge in [0.2, 0.25) is 0 Å². The van der Waals surface area contributed by atoms with Crippen molar-refractivity contribution in [2.24, 2.45) is 0 Å². The van der Waals surface area contributed by atoms with Crippen LogP contribution in [0.1, 0.15) is 22.7 Å². The molecule has 0 fully saturated rings. The van der Waals surface area contributed by atoms with Gasteiger partial charge in [0.25, 0.3) is 0 Å². The first-order valence-corrected chi connectivity index (χ1v) is 7.86. The van der Waals surface area contributed by atoms with E-state index in [0.717, 1.165) is 32.5 Å². The Morgan fingerprint density at radius 2 is 1.81 bits per heavy atom. The van der Waals surface area contributed by atoms with Crippen molar-refractivity contribution in [1.82, 2.24) is 10.2 Å². The molecule has 0 saturated carbocycles. The SMILES string of the molecule is CN(CCc1ccccc1)CC1NCCc2ccccc21. The molecule has 2 aromatic carbocycles. The zero-order valence-corrected chi connectivity index (χ0v) is 12.8. The lowest BCUT2D eigenvalue weighted by Gasteiger charge is -2.30. The van der Waals surface area contributed by atoms with Crippen LogP contribution >= 0.6 is 0 Å². The Kier molecular flexibility index (Phi) is 4.69. The Morgan fingerprint density at radius 1 is 1.05 bits per heavy atom. The molecular formula is C19H24N2. The highest BCUT2D eigenvalue weighted by atomic mass is 15.1. The summed E-state index contributed by atoms with van der Waals surface area (Å²) < 4.78 is 0. The number of fused-ring (bicyclic) bond motifs is 1. The topological polar surface area (TPSA) is 15.3 Å². The summed E-state index contributed by atoms with van der Waals surface area (Å²) >= 11 is 0.